The third-order valence-electron chi connectivity index (χ3n) is 5.65. The molecule has 0 radical (unpaired) electrons. The number of hydrogen-bond acceptors (Lipinski definition) is 4. The van der Waals surface area contributed by atoms with Gasteiger partial charge in [-0.2, -0.15) is 0 Å². The normalized spacial score (nSPS) is 13.1. The molecule has 2 rings (SSSR count). The summed E-state index contributed by atoms with van der Waals surface area (Å²) in [5.41, 5.74) is 2.43. The van der Waals surface area contributed by atoms with Crippen LogP contribution in [-0.2, 0) is 16.1 Å². The summed E-state index contributed by atoms with van der Waals surface area (Å²) in [5, 5.41) is 0. The maximum absolute atomic E-state index is 12.5. The van der Waals surface area contributed by atoms with Crippen molar-refractivity contribution in [3.05, 3.63) is 65.7 Å². The minimum absolute atomic E-state index is 0.0895. The molecule has 0 aromatic heterocycles. The summed E-state index contributed by atoms with van der Waals surface area (Å²) < 4.78 is 10.6. The van der Waals surface area contributed by atoms with Gasteiger partial charge in [0, 0.05) is 24.5 Å². The van der Waals surface area contributed by atoms with E-state index in [9.17, 15) is 4.79 Å². The van der Waals surface area contributed by atoms with Crippen LogP contribution in [0.5, 0.6) is 5.75 Å². The smallest absolute Gasteiger partial charge is 0.307 e. The van der Waals surface area contributed by atoms with E-state index in [0.29, 0.717) is 18.9 Å². The topological polar surface area (TPSA) is 38.8 Å². The summed E-state index contributed by atoms with van der Waals surface area (Å²) in [6.07, 6.45) is 4.43. The lowest BCUT2D eigenvalue weighted by molar-refractivity contribution is -0.145. The van der Waals surface area contributed by atoms with E-state index in [0.717, 1.165) is 38.0 Å². The Morgan fingerprint density at radius 2 is 1.74 bits per heavy atom. The van der Waals surface area contributed by atoms with Crippen LogP contribution in [0.4, 0.5) is 0 Å². The molecule has 0 saturated heterocycles. The van der Waals surface area contributed by atoms with Crippen molar-refractivity contribution >= 4 is 17.6 Å². The second-order valence-electron chi connectivity index (χ2n) is 7.81. The Kier molecular flexibility index (Phi) is 11.5. The van der Waals surface area contributed by atoms with Gasteiger partial charge in [-0.3, -0.25) is 9.69 Å². The van der Waals surface area contributed by atoms with Crippen molar-refractivity contribution in [1.82, 2.24) is 4.90 Å². The lowest BCUT2D eigenvalue weighted by Crippen LogP contribution is -2.39. The molecule has 0 aliphatic carbocycles. The summed E-state index contributed by atoms with van der Waals surface area (Å²) in [6, 6.07) is 18.9. The lowest BCUT2D eigenvalue weighted by Gasteiger charge is -2.37. The van der Waals surface area contributed by atoms with Crippen LogP contribution in [0.15, 0.2) is 54.6 Å². The molecule has 0 bridgehead atoms. The number of benzene rings is 2. The molecule has 4 nitrogen and oxygen atoms in total. The maximum Gasteiger partial charge on any atom is 0.307 e. The fraction of sp³-hybridized carbons (Fsp3) is 0.500. The third kappa shape index (κ3) is 8.54. The van der Waals surface area contributed by atoms with Crippen molar-refractivity contribution in [3.8, 4) is 5.75 Å². The van der Waals surface area contributed by atoms with Gasteiger partial charge in [0.2, 0.25) is 0 Å². The minimum Gasteiger partial charge on any atom is -0.497 e. The zero-order valence-corrected chi connectivity index (χ0v) is 19.8. The quantitative estimate of drug-likeness (QED) is 0.192. The van der Waals surface area contributed by atoms with E-state index in [-0.39, 0.29) is 18.1 Å². The summed E-state index contributed by atoms with van der Waals surface area (Å²) in [5.74, 6) is 1.39. The van der Waals surface area contributed by atoms with Gasteiger partial charge in [0.1, 0.15) is 5.75 Å². The van der Waals surface area contributed by atoms with Crippen molar-refractivity contribution in [3.63, 3.8) is 0 Å². The van der Waals surface area contributed by atoms with Gasteiger partial charge >= 0.3 is 5.97 Å². The SMILES string of the molecule is CCOC(=O)C[C@H](CCCCCCl)N(Cc1ccc(OC)cc1)[C@@H](C)c1ccccc1. The van der Waals surface area contributed by atoms with Crippen LogP contribution in [0.25, 0.3) is 0 Å². The first-order chi connectivity index (χ1) is 15.1. The molecule has 31 heavy (non-hydrogen) atoms. The van der Waals surface area contributed by atoms with Gasteiger partial charge in [-0.05, 0) is 49.9 Å². The number of carbonyl (C=O) groups is 1. The van der Waals surface area contributed by atoms with Gasteiger partial charge in [0.25, 0.3) is 0 Å². The van der Waals surface area contributed by atoms with Gasteiger partial charge < -0.3 is 9.47 Å². The number of halogens is 1. The van der Waals surface area contributed by atoms with Crippen LogP contribution < -0.4 is 4.74 Å². The highest BCUT2D eigenvalue weighted by atomic mass is 35.5. The van der Waals surface area contributed by atoms with E-state index in [1.165, 1.54) is 11.1 Å². The van der Waals surface area contributed by atoms with Crippen molar-refractivity contribution in [2.24, 2.45) is 0 Å². The predicted molar refractivity (Wildman–Crippen MR) is 128 cm³/mol. The highest BCUT2D eigenvalue weighted by Crippen LogP contribution is 2.29. The van der Waals surface area contributed by atoms with Gasteiger partial charge in [0.15, 0.2) is 0 Å². The van der Waals surface area contributed by atoms with Crippen molar-refractivity contribution in [1.29, 1.82) is 0 Å². The van der Waals surface area contributed by atoms with Crippen LogP contribution in [0, 0.1) is 0 Å². The van der Waals surface area contributed by atoms with Crippen molar-refractivity contribution in [2.45, 2.75) is 64.6 Å². The fourth-order valence-corrected chi connectivity index (χ4v) is 4.08. The summed E-state index contributed by atoms with van der Waals surface area (Å²) in [7, 11) is 1.68. The monoisotopic (exact) mass is 445 g/mol. The van der Waals surface area contributed by atoms with E-state index >= 15 is 0 Å². The Balaban J connectivity index is 2.29. The highest BCUT2D eigenvalue weighted by Gasteiger charge is 2.27. The largest absolute Gasteiger partial charge is 0.497 e. The number of methoxy groups -OCH3 is 1. The van der Waals surface area contributed by atoms with Crippen LogP contribution >= 0.6 is 11.6 Å². The van der Waals surface area contributed by atoms with E-state index in [1.807, 2.05) is 25.1 Å². The number of esters is 1. The van der Waals surface area contributed by atoms with Crippen molar-refractivity contribution in [2.75, 3.05) is 19.6 Å². The molecule has 2 aromatic rings. The molecule has 0 unspecified atom stereocenters. The number of hydrogen-bond donors (Lipinski definition) is 0. The standard InChI is InChI=1S/C26H36ClNO3/c1-4-31-26(29)19-24(13-9-6-10-18-27)28(21(2)23-11-7-5-8-12-23)20-22-14-16-25(30-3)17-15-22/h5,7-8,11-12,14-17,21,24H,4,6,9-10,13,18-20H2,1-3H3/t21-,24-/m0/s1. The number of nitrogens with zero attached hydrogens (tertiary/aromatic N) is 1. The first-order valence-corrected chi connectivity index (χ1v) is 11.8. The Morgan fingerprint density at radius 1 is 1.03 bits per heavy atom. The summed E-state index contributed by atoms with van der Waals surface area (Å²) in [4.78, 5) is 14.9. The van der Waals surface area contributed by atoms with Crippen molar-refractivity contribution < 1.29 is 14.3 Å². The molecule has 0 heterocycles. The first kappa shape index (κ1) is 25.2. The molecule has 0 saturated carbocycles. The minimum atomic E-state index is -0.134. The number of carbonyl (C=O) groups excluding carboxylic acids is 1. The van der Waals surface area contributed by atoms with E-state index in [1.54, 1.807) is 7.11 Å². The predicted octanol–water partition coefficient (Wildman–Crippen LogP) is 6.38. The second-order valence-corrected chi connectivity index (χ2v) is 8.19. The molecular formula is C26H36ClNO3. The van der Waals surface area contributed by atoms with Crippen LogP contribution in [0.2, 0.25) is 0 Å². The van der Waals surface area contributed by atoms with Gasteiger partial charge in [-0.15, -0.1) is 11.6 Å². The lowest BCUT2D eigenvalue weighted by atomic mass is 9.98. The molecule has 2 atom stereocenters. The molecule has 2 aromatic carbocycles. The van der Waals surface area contributed by atoms with Crippen LogP contribution in [0.3, 0.4) is 0 Å². The molecule has 0 fully saturated rings. The van der Waals surface area contributed by atoms with Crippen LogP contribution in [0.1, 0.15) is 63.1 Å². The second kappa shape index (κ2) is 14.1. The van der Waals surface area contributed by atoms with Crippen LogP contribution in [-0.4, -0.2) is 36.5 Å². The van der Waals surface area contributed by atoms with E-state index < -0.39 is 0 Å². The molecule has 5 heteroatoms. The summed E-state index contributed by atoms with van der Waals surface area (Å²) in [6.45, 7) is 5.23. The number of ether oxygens (including phenoxy) is 2. The average Bonchev–Trinajstić information content (AvgIpc) is 2.80. The molecule has 0 N–H and O–H groups in total. The zero-order valence-electron chi connectivity index (χ0n) is 19.1. The Labute approximate surface area is 192 Å². The highest BCUT2D eigenvalue weighted by molar-refractivity contribution is 6.17. The molecule has 0 aliphatic heterocycles. The summed E-state index contributed by atoms with van der Waals surface area (Å²) >= 11 is 5.87. The number of unbranched alkanes of at least 4 members (excludes halogenated alkanes) is 2. The number of alkyl halides is 1. The molecule has 0 aliphatic rings. The molecule has 0 amide bonds. The zero-order chi connectivity index (χ0) is 22.5. The van der Waals surface area contributed by atoms with Gasteiger partial charge in [-0.1, -0.05) is 55.3 Å². The Hall–Kier alpha value is -2.04. The molecule has 170 valence electrons. The van der Waals surface area contributed by atoms with Gasteiger partial charge in [-0.25, -0.2) is 0 Å². The van der Waals surface area contributed by atoms with Gasteiger partial charge in [0.05, 0.1) is 20.1 Å². The Bertz CT molecular complexity index is 751. The van der Waals surface area contributed by atoms with E-state index in [4.69, 9.17) is 21.1 Å². The molecule has 0 spiro atoms. The number of rotatable bonds is 14. The average molecular weight is 446 g/mol. The van der Waals surface area contributed by atoms with E-state index in [2.05, 4.69) is 48.2 Å². The maximum atomic E-state index is 12.5. The fourth-order valence-electron chi connectivity index (χ4n) is 3.90. The molecular weight excluding hydrogens is 410 g/mol. The third-order valence-corrected chi connectivity index (χ3v) is 5.92. The first-order valence-electron chi connectivity index (χ1n) is 11.2. The Morgan fingerprint density at radius 3 is 2.35 bits per heavy atom.